The molecule has 2 aromatic carbocycles. The van der Waals surface area contributed by atoms with Crippen LogP contribution in [0, 0.1) is 17.2 Å². The van der Waals surface area contributed by atoms with Gasteiger partial charge in [-0.1, -0.05) is 44.2 Å². The van der Waals surface area contributed by atoms with Gasteiger partial charge in [0.2, 0.25) is 11.8 Å². The summed E-state index contributed by atoms with van der Waals surface area (Å²) in [4.78, 5) is 36.1. The van der Waals surface area contributed by atoms with Gasteiger partial charge in [0.25, 0.3) is 0 Å². The molecule has 9 heteroatoms. The molecule has 1 saturated heterocycles. The Morgan fingerprint density at radius 2 is 1.90 bits per heavy atom. The summed E-state index contributed by atoms with van der Waals surface area (Å²) in [7, 11) is 0. The molecule has 1 aliphatic heterocycles. The number of aromatic nitrogens is 2. The summed E-state index contributed by atoms with van der Waals surface area (Å²) in [5, 5.41) is 15.5. The first-order valence-corrected chi connectivity index (χ1v) is 13.7. The van der Waals surface area contributed by atoms with Gasteiger partial charge < -0.3 is 15.4 Å². The van der Waals surface area contributed by atoms with Crippen molar-refractivity contribution < 1.29 is 14.3 Å². The molecule has 3 aromatic rings. The molecule has 0 unspecified atom stereocenters. The number of benzene rings is 2. The Kier molecular flexibility index (Phi) is 10.3. The van der Waals surface area contributed by atoms with Gasteiger partial charge in [-0.3, -0.25) is 14.5 Å². The summed E-state index contributed by atoms with van der Waals surface area (Å²) in [5.74, 6) is 0.322. The van der Waals surface area contributed by atoms with Crippen LogP contribution in [0.3, 0.4) is 0 Å². The lowest BCUT2D eigenvalue weighted by atomic mass is 10.0. The summed E-state index contributed by atoms with van der Waals surface area (Å²) >= 11 is 0. The number of carbonyl (C=O) groups is 2. The number of nitrogens with zero attached hydrogens (tertiary/aromatic N) is 4. The first kappa shape index (κ1) is 28.9. The third-order valence-electron chi connectivity index (χ3n) is 6.72. The minimum atomic E-state index is -0.186. The number of rotatable bonds is 11. The molecular formula is C31H36N6O3. The molecule has 0 aliphatic carbocycles. The Labute approximate surface area is 235 Å². The Morgan fingerprint density at radius 1 is 1.10 bits per heavy atom. The normalized spacial score (nSPS) is 13.6. The zero-order valence-corrected chi connectivity index (χ0v) is 23.2. The molecule has 0 spiro atoms. The van der Waals surface area contributed by atoms with Crippen LogP contribution in [0.25, 0.3) is 11.3 Å². The van der Waals surface area contributed by atoms with Crippen molar-refractivity contribution in [1.29, 1.82) is 5.26 Å². The topological polar surface area (TPSA) is 120 Å². The lowest BCUT2D eigenvalue weighted by Gasteiger charge is -2.26. The maximum absolute atomic E-state index is 12.5. The lowest BCUT2D eigenvalue weighted by Crippen LogP contribution is -2.38. The van der Waals surface area contributed by atoms with Gasteiger partial charge in [0.05, 0.1) is 36.6 Å². The standard InChI is InChI=1S/C31H36N6O3/c1-22(2)31(39)36-27-8-7-25(20-26(27)21-32)28-9-11-33-29(35-28)18-23-5-3-6-24(17-23)19-30(38)34-10-4-12-37-13-15-40-16-14-37/h3,5-9,11,17,20,22H,4,10,12-16,18-19H2,1-2H3,(H,34,38)(H,36,39). The summed E-state index contributed by atoms with van der Waals surface area (Å²) in [6.07, 6.45) is 3.45. The van der Waals surface area contributed by atoms with Crippen molar-refractivity contribution in [3.8, 4) is 17.3 Å². The molecule has 1 aliphatic rings. The van der Waals surface area contributed by atoms with Crippen LogP contribution in [-0.4, -0.2) is 66.1 Å². The highest BCUT2D eigenvalue weighted by atomic mass is 16.5. The van der Waals surface area contributed by atoms with E-state index in [1.54, 1.807) is 38.2 Å². The molecule has 2 amide bonds. The summed E-state index contributed by atoms with van der Waals surface area (Å²) in [6, 6.07) is 17.2. The van der Waals surface area contributed by atoms with Crippen molar-refractivity contribution in [3.05, 3.63) is 77.2 Å². The Bertz CT molecular complexity index is 1360. The average molecular weight is 541 g/mol. The third kappa shape index (κ3) is 8.43. The number of nitriles is 1. The van der Waals surface area contributed by atoms with Crippen molar-refractivity contribution in [2.75, 3.05) is 44.7 Å². The molecule has 2 heterocycles. The summed E-state index contributed by atoms with van der Waals surface area (Å²) in [6.45, 7) is 8.72. The Balaban J connectivity index is 1.34. The fraction of sp³-hybridized carbons (Fsp3) is 0.387. The molecule has 1 fully saturated rings. The molecule has 0 bridgehead atoms. The largest absolute Gasteiger partial charge is 0.379 e. The van der Waals surface area contributed by atoms with E-state index in [1.807, 2.05) is 30.3 Å². The van der Waals surface area contributed by atoms with E-state index in [9.17, 15) is 14.9 Å². The highest BCUT2D eigenvalue weighted by Crippen LogP contribution is 2.24. The zero-order valence-electron chi connectivity index (χ0n) is 23.2. The maximum atomic E-state index is 12.5. The Hall–Kier alpha value is -4.13. The smallest absolute Gasteiger partial charge is 0.226 e. The molecule has 0 radical (unpaired) electrons. The molecule has 2 N–H and O–H groups in total. The van der Waals surface area contributed by atoms with Crippen molar-refractivity contribution >= 4 is 17.5 Å². The predicted octanol–water partition coefficient (Wildman–Crippen LogP) is 3.58. The molecule has 0 saturated carbocycles. The van der Waals surface area contributed by atoms with Crippen molar-refractivity contribution in [3.63, 3.8) is 0 Å². The third-order valence-corrected chi connectivity index (χ3v) is 6.72. The summed E-state index contributed by atoms with van der Waals surface area (Å²) < 4.78 is 5.37. The van der Waals surface area contributed by atoms with E-state index in [2.05, 4.69) is 26.6 Å². The van der Waals surface area contributed by atoms with E-state index < -0.39 is 0 Å². The molecule has 40 heavy (non-hydrogen) atoms. The van der Waals surface area contributed by atoms with Gasteiger partial charge in [-0.15, -0.1) is 0 Å². The van der Waals surface area contributed by atoms with Gasteiger partial charge >= 0.3 is 0 Å². The number of morpholine rings is 1. The molecule has 9 nitrogen and oxygen atoms in total. The van der Waals surface area contributed by atoms with Crippen LogP contribution in [0.5, 0.6) is 0 Å². The Morgan fingerprint density at radius 3 is 2.67 bits per heavy atom. The second kappa shape index (κ2) is 14.3. The zero-order chi connectivity index (χ0) is 28.3. The molecule has 208 valence electrons. The van der Waals surface area contributed by atoms with Gasteiger partial charge in [0, 0.05) is 43.7 Å². The van der Waals surface area contributed by atoms with E-state index in [4.69, 9.17) is 9.72 Å². The van der Waals surface area contributed by atoms with Crippen LogP contribution in [0.2, 0.25) is 0 Å². The molecule has 0 atom stereocenters. The number of hydrogen-bond donors (Lipinski definition) is 2. The highest BCUT2D eigenvalue weighted by Gasteiger charge is 2.13. The van der Waals surface area contributed by atoms with Gasteiger partial charge in [-0.2, -0.15) is 5.26 Å². The number of nitrogens with one attached hydrogen (secondary N) is 2. The van der Waals surface area contributed by atoms with Crippen LogP contribution in [-0.2, 0) is 27.2 Å². The van der Waals surface area contributed by atoms with Crippen molar-refractivity contribution in [1.82, 2.24) is 20.2 Å². The van der Waals surface area contributed by atoms with E-state index in [0.717, 1.165) is 56.0 Å². The SMILES string of the molecule is CC(C)C(=O)Nc1ccc(-c2ccnc(Cc3cccc(CC(=O)NCCCN4CCOCC4)c3)n2)cc1C#N. The molecule has 1 aromatic heterocycles. The number of amides is 2. The predicted molar refractivity (Wildman–Crippen MR) is 153 cm³/mol. The van der Waals surface area contributed by atoms with Crippen LogP contribution in [0.1, 0.15) is 42.8 Å². The fourth-order valence-electron chi connectivity index (χ4n) is 4.46. The van der Waals surface area contributed by atoms with Crippen LogP contribution in [0.15, 0.2) is 54.7 Å². The van der Waals surface area contributed by atoms with Crippen LogP contribution >= 0.6 is 0 Å². The first-order valence-electron chi connectivity index (χ1n) is 13.7. The van der Waals surface area contributed by atoms with E-state index >= 15 is 0 Å². The lowest BCUT2D eigenvalue weighted by molar-refractivity contribution is -0.120. The van der Waals surface area contributed by atoms with Crippen LogP contribution in [0.4, 0.5) is 5.69 Å². The molecular weight excluding hydrogens is 504 g/mol. The van der Waals surface area contributed by atoms with Crippen LogP contribution < -0.4 is 10.6 Å². The summed E-state index contributed by atoms with van der Waals surface area (Å²) in [5.41, 5.74) is 4.27. The number of ether oxygens (including phenoxy) is 1. The molecule has 4 rings (SSSR count). The minimum absolute atomic E-state index is 0.0127. The van der Waals surface area contributed by atoms with E-state index in [0.29, 0.717) is 42.2 Å². The fourth-order valence-corrected chi connectivity index (χ4v) is 4.46. The van der Waals surface area contributed by atoms with Gasteiger partial charge in [-0.25, -0.2) is 9.97 Å². The van der Waals surface area contributed by atoms with Gasteiger partial charge in [0.1, 0.15) is 11.9 Å². The average Bonchev–Trinajstić information content (AvgIpc) is 2.96. The first-order chi connectivity index (χ1) is 19.4. The quantitative estimate of drug-likeness (QED) is 0.357. The van der Waals surface area contributed by atoms with Crippen molar-refractivity contribution in [2.45, 2.75) is 33.1 Å². The van der Waals surface area contributed by atoms with Gasteiger partial charge in [0.15, 0.2) is 0 Å². The second-order valence-corrected chi connectivity index (χ2v) is 10.2. The maximum Gasteiger partial charge on any atom is 0.226 e. The van der Waals surface area contributed by atoms with E-state index in [1.165, 1.54) is 0 Å². The number of carbonyl (C=O) groups excluding carboxylic acids is 2. The van der Waals surface area contributed by atoms with Gasteiger partial charge in [-0.05, 0) is 42.3 Å². The van der Waals surface area contributed by atoms with E-state index in [-0.39, 0.29) is 17.7 Å². The highest BCUT2D eigenvalue weighted by molar-refractivity contribution is 5.93. The number of anilines is 1. The minimum Gasteiger partial charge on any atom is -0.379 e. The monoisotopic (exact) mass is 540 g/mol. The number of hydrogen-bond acceptors (Lipinski definition) is 7. The second-order valence-electron chi connectivity index (χ2n) is 10.2. The van der Waals surface area contributed by atoms with Crippen molar-refractivity contribution in [2.24, 2.45) is 5.92 Å².